The molecule has 0 spiro atoms. The maximum absolute atomic E-state index is 12.5. The molecule has 1 amide bonds. The van der Waals surface area contributed by atoms with E-state index in [1.54, 1.807) is 0 Å². The highest BCUT2D eigenvalue weighted by Gasteiger charge is 2.11. The number of aryl methyl sites for hydroxylation is 1. The highest BCUT2D eigenvalue weighted by molar-refractivity contribution is 9.10. The minimum absolute atomic E-state index is 0.0471. The van der Waals surface area contributed by atoms with E-state index in [9.17, 15) is 4.79 Å². The molecule has 0 saturated heterocycles. The van der Waals surface area contributed by atoms with Gasteiger partial charge in [-0.05, 0) is 52.9 Å². The van der Waals surface area contributed by atoms with Crippen LogP contribution in [0.25, 0.3) is 22.2 Å². The van der Waals surface area contributed by atoms with E-state index in [-0.39, 0.29) is 5.91 Å². The van der Waals surface area contributed by atoms with Crippen molar-refractivity contribution in [2.75, 3.05) is 6.54 Å². The highest BCUT2D eigenvalue weighted by Crippen LogP contribution is 2.21. The molecule has 0 fully saturated rings. The Kier molecular flexibility index (Phi) is 7.58. The van der Waals surface area contributed by atoms with Crippen LogP contribution in [0.1, 0.15) is 23.4 Å². The Hall–Kier alpha value is -3.70. The smallest absolute Gasteiger partial charge is 0.224 e. The lowest BCUT2D eigenvalue weighted by atomic mass is 10.0. The third kappa shape index (κ3) is 5.92. The number of rotatable bonds is 9. The van der Waals surface area contributed by atoms with Crippen LogP contribution in [0.4, 0.5) is 0 Å². The third-order valence-corrected chi connectivity index (χ3v) is 6.84. The summed E-state index contributed by atoms with van der Waals surface area (Å²) in [7, 11) is 0. The van der Waals surface area contributed by atoms with Gasteiger partial charge in [0.05, 0.1) is 17.5 Å². The summed E-state index contributed by atoms with van der Waals surface area (Å²) in [5.41, 5.74) is 6.73. The predicted molar refractivity (Wildman–Crippen MR) is 150 cm³/mol. The number of hydrogen-bond donors (Lipinski definition) is 1. The number of nitrogens with one attached hydrogen (secondary N) is 1. The predicted octanol–water partition coefficient (Wildman–Crippen LogP) is 6.81. The molecular formula is C31H28BrN3O. The number of benzene rings is 4. The molecule has 0 radical (unpaired) electrons. The number of nitrogens with zero attached hydrogens (tertiary/aromatic N) is 2. The van der Waals surface area contributed by atoms with Crippen LogP contribution in [0, 0.1) is 0 Å². The van der Waals surface area contributed by atoms with Crippen molar-refractivity contribution in [1.82, 2.24) is 14.9 Å². The quantitative estimate of drug-likeness (QED) is 0.210. The van der Waals surface area contributed by atoms with Crippen molar-refractivity contribution < 1.29 is 4.79 Å². The summed E-state index contributed by atoms with van der Waals surface area (Å²) in [6, 6.07) is 35.2. The van der Waals surface area contributed by atoms with Gasteiger partial charge in [-0.25, -0.2) is 4.98 Å². The van der Waals surface area contributed by atoms with Gasteiger partial charge in [0.2, 0.25) is 5.91 Å². The summed E-state index contributed by atoms with van der Waals surface area (Å²) < 4.78 is 3.36. The monoisotopic (exact) mass is 537 g/mol. The third-order valence-electron chi connectivity index (χ3n) is 6.31. The minimum atomic E-state index is 0.0471. The van der Waals surface area contributed by atoms with Crippen molar-refractivity contribution in [3.8, 4) is 11.1 Å². The second-order valence-electron chi connectivity index (χ2n) is 8.92. The number of amides is 1. The normalized spacial score (nSPS) is 11.0. The van der Waals surface area contributed by atoms with Crippen LogP contribution in [0.15, 0.2) is 108 Å². The number of hydrogen-bond acceptors (Lipinski definition) is 2. The Bertz CT molecular complexity index is 1440. The molecule has 5 aromatic rings. The average Bonchev–Trinajstić information content (AvgIpc) is 3.26. The summed E-state index contributed by atoms with van der Waals surface area (Å²) in [5, 5.41) is 3.08. The second kappa shape index (κ2) is 11.4. The van der Waals surface area contributed by atoms with Gasteiger partial charge in [-0.1, -0.05) is 94.8 Å². The maximum Gasteiger partial charge on any atom is 0.224 e. The number of imidazole rings is 1. The van der Waals surface area contributed by atoms with Gasteiger partial charge in [0.15, 0.2) is 0 Å². The van der Waals surface area contributed by atoms with Crippen LogP contribution in [0.2, 0.25) is 0 Å². The van der Waals surface area contributed by atoms with Gasteiger partial charge in [0.1, 0.15) is 5.82 Å². The number of carbonyl (C=O) groups excluding carboxylic acids is 1. The first-order valence-corrected chi connectivity index (χ1v) is 13.0. The van der Waals surface area contributed by atoms with E-state index < -0.39 is 0 Å². The molecule has 1 N–H and O–H groups in total. The lowest BCUT2D eigenvalue weighted by Crippen LogP contribution is -2.26. The van der Waals surface area contributed by atoms with E-state index >= 15 is 0 Å². The molecule has 1 heterocycles. The Labute approximate surface area is 220 Å². The SMILES string of the molecule is O=C(Cc1ccc(-c2ccccc2)cc1)NCCCc1nc2ccccc2n1Cc1ccc(Br)cc1. The molecule has 0 atom stereocenters. The second-order valence-corrected chi connectivity index (χ2v) is 9.84. The topological polar surface area (TPSA) is 46.9 Å². The van der Waals surface area contributed by atoms with Gasteiger partial charge in [-0.2, -0.15) is 0 Å². The first kappa shape index (κ1) is 24.0. The molecule has 0 aliphatic carbocycles. The van der Waals surface area contributed by atoms with Crippen molar-refractivity contribution in [2.24, 2.45) is 0 Å². The number of aromatic nitrogens is 2. The van der Waals surface area contributed by atoms with Crippen LogP contribution in [-0.4, -0.2) is 22.0 Å². The maximum atomic E-state index is 12.5. The molecule has 180 valence electrons. The van der Waals surface area contributed by atoms with Crippen molar-refractivity contribution in [3.05, 3.63) is 125 Å². The fraction of sp³-hybridized carbons (Fsp3) is 0.161. The van der Waals surface area contributed by atoms with Gasteiger partial charge < -0.3 is 9.88 Å². The summed E-state index contributed by atoms with van der Waals surface area (Å²) in [6.07, 6.45) is 2.02. The Morgan fingerprint density at radius 2 is 1.44 bits per heavy atom. The highest BCUT2D eigenvalue weighted by atomic mass is 79.9. The van der Waals surface area contributed by atoms with E-state index in [0.717, 1.165) is 51.8 Å². The molecule has 4 nitrogen and oxygen atoms in total. The number of fused-ring (bicyclic) bond motifs is 1. The first-order chi connectivity index (χ1) is 17.7. The summed E-state index contributed by atoms with van der Waals surface area (Å²) in [4.78, 5) is 17.4. The summed E-state index contributed by atoms with van der Waals surface area (Å²) in [6.45, 7) is 1.40. The van der Waals surface area contributed by atoms with Crippen molar-refractivity contribution >= 4 is 32.9 Å². The van der Waals surface area contributed by atoms with E-state index in [0.29, 0.717) is 13.0 Å². The van der Waals surface area contributed by atoms with E-state index in [2.05, 4.69) is 92.5 Å². The van der Waals surface area contributed by atoms with Gasteiger partial charge in [0, 0.05) is 24.0 Å². The van der Waals surface area contributed by atoms with E-state index in [1.807, 2.05) is 36.4 Å². The van der Waals surface area contributed by atoms with Crippen molar-refractivity contribution in [2.45, 2.75) is 25.8 Å². The van der Waals surface area contributed by atoms with E-state index in [4.69, 9.17) is 4.98 Å². The molecule has 4 aromatic carbocycles. The zero-order valence-corrected chi connectivity index (χ0v) is 21.6. The lowest BCUT2D eigenvalue weighted by molar-refractivity contribution is -0.120. The molecule has 1 aromatic heterocycles. The molecule has 0 aliphatic heterocycles. The molecule has 0 aliphatic rings. The van der Waals surface area contributed by atoms with Crippen LogP contribution in [0.5, 0.6) is 0 Å². The largest absolute Gasteiger partial charge is 0.356 e. The van der Waals surface area contributed by atoms with Crippen LogP contribution in [0.3, 0.4) is 0 Å². The number of halogens is 1. The van der Waals surface area contributed by atoms with Crippen LogP contribution in [-0.2, 0) is 24.2 Å². The van der Waals surface area contributed by atoms with E-state index in [1.165, 1.54) is 11.1 Å². The fourth-order valence-electron chi connectivity index (χ4n) is 4.43. The first-order valence-electron chi connectivity index (χ1n) is 12.3. The molecule has 36 heavy (non-hydrogen) atoms. The summed E-state index contributed by atoms with van der Waals surface area (Å²) in [5.74, 6) is 1.09. The lowest BCUT2D eigenvalue weighted by Gasteiger charge is -2.10. The Balaban J connectivity index is 1.16. The van der Waals surface area contributed by atoms with Gasteiger partial charge >= 0.3 is 0 Å². The molecule has 5 heteroatoms. The zero-order chi connectivity index (χ0) is 24.7. The van der Waals surface area contributed by atoms with Gasteiger partial charge in [-0.15, -0.1) is 0 Å². The van der Waals surface area contributed by atoms with Crippen LogP contribution < -0.4 is 5.32 Å². The molecule has 0 saturated carbocycles. The van der Waals surface area contributed by atoms with Crippen molar-refractivity contribution in [1.29, 1.82) is 0 Å². The zero-order valence-electron chi connectivity index (χ0n) is 20.0. The van der Waals surface area contributed by atoms with Crippen molar-refractivity contribution in [3.63, 3.8) is 0 Å². The van der Waals surface area contributed by atoms with Gasteiger partial charge in [-0.3, -0.25) is 4.79 Å². The molecule has 0 unspecified atom stereocenters. The Morgan fingerprint density at radius 3 is 2.22 bits per heavy atom. The molecular weight excluding hydrogens is 510 g/mol. The number of para-hydroxylation sites is 2. The van der Waals surface area contributed by atoms with Crippen LogP contribution >= 0.6 is 15.9 Å². The summed E-state index contributed by atoms with van der Waals surface area (Å²) >= 11 is 3.51. The van der Waals surface area contributed by atoms with Gasteiger partial charge in [0.25, 0.3) is 0 Å². The molecule has 5 rings (SSSR count). The fourth-order valence-corrected chi connectivity index (χ4v) is 4.70. The Morgan fingerprint density at radius 1 is 0.778 bits per heavy atom. The minimum Gasteiger partial charge on any atom is -0.356 e. The average molecular weight is 538 g/mol. The number of carbonyl (C=O) groups is 1. The standard InChI is InChI=1S/C31H28BrN3O/c32-27-18-14-24(15-19-27)22-35-29-10-5-4-9-28(29)34-30(35)11-6-20-33-31(36)21-23-12-16-26(17-13-23)25-7-2-1-3-8-25/h1-5,7-10,12-19H,6,11,20-22H2,(H,33,36). The molecule has 0 bridgehead atoms.